The fourth-order valence-corrected chi connectivity index (χ4v) is 3.86. The number of hydrogen-bond donors (Lipinski definition) is 1. The van der Waals surface area contributed by atoms with E-state index in [1.165, 1.54) is 23.9 Å². The number of amides is 2. The van der Waals surface area contributed by atoms with Crippen LogP contribution in [0.5, 0.6) is 0 Å². The lowest BCUT2D eigenvalue weighted by Gasteiger charge is -2.28. The van der Waals surface area contributed by atoms with Gasteiger partial charge in [-0.25, -0.2) is 4.39 Å². The summed E-state index contributed by atoms with van der Waals surface area (Å²) in [5, 5.41) is 2.60. The van der Waals surface area contributed by atoms with Crippen LogP contribution in [-0.4, -0.2) is 35.6 Å². The summed E-state index contributed by atoms with van der Waals surface area (Å²) >= 11 is 4.87. The Labute approximate surface area is 171 Å². The molecule has 2 rings (SSSR count). The van der Waals surface area contributed by atoms with Crippen LogP contribution in [0.3, 0.4) is 0 Å². The quantitative estimate of drug-likeness (QED) is 0.658. The van der Waals surface area contributed by atoms with Gasteiger partial charge in [0.2, 0.25) is 11.8 Å². The second-order valence-electron chi connectivity index (χ2n) is 6.06. The highest BCUT2D eigenvalue weighted by molar-refractivity contribution is 9.10. The van der Waals surface area contributed by atoms with E-state index in [-0.39, 0.29) is 23.4 Å². The van der Waals surface area contributed by atoms with Crippen LogP contribution in [-0.2, 0) is 21.9 Å². The summed E-state index contributed by atoms with van der Waals surface area (Å²) in [6.07, 6.45) is 0. The lowest BCUT2D eigenvalue weighted by Crippen LogP contribution is -2.47. The predicted molar refractivity (Wildman–Crippen MR) is 111 cm³/mol. The van der Waals surface area contributed by atoms with E-state index in [0.29, 0.717) is 12.3 Å². The fraction of sp³-hybridized carbons (Fsp3) is 0.300. The summed E-state index contributed by atoms with van der Waals surface area (Å²) in [7, 11) is 1.56. The molecule has 0 aliphatic heterocycles. The highest BCUT2D eigenvalue weighted by atomic mass is 79.9. The van der Waals surface area contributed by atoms with Crippen molar-refractivity contribution >= 4 is 39.5 Å². The van der Waals surface area contributed by atoms with Gasteiger partial charge >= 0.3 is 0 Å². The number of rotatable bonds is 8. The molecule has 144 valence electrons. The van der Waals surface area contributed by atoms with E-state index in [2.05, 4.69) is 21.2 Å². The number of hydrogen-bond acceptors (Lipinski definition) is 3. The molecule has 0 saturated carbocycles. The summed E-state index contributed by atoms with van der Waals surface area (Å²) in [5.41, 5.74) is 1.89. The van der Waals surface area contributed by atoms with Gasteiger partial charge in [-0.2, -0.15) is 0 Å². The Balaban J connectivity index is 2.03. The highest BCUT2D eigenvalue weighted by Gasteiger charge is 2.25. The summed E-state index contributed by atoms with van der Waals surface area (Å²) in [4.78, 5) is 26.5. The summed E-state index contributed by atoms with van der Waals surface area (Å²) < 4.78 is 13.9. The molecule has 0 aliphatic rings. The Morgan fingerprint density at radius 2 is 1.89 bits per heavy atom. The summed E-state index contributed by atoms with van der Waals surface area (Å²) in [6, 6.07) is 13.3. The highest BCUT2D eigenvalue weighted by Crippen LogP contribution is 2.18. The molecule has 0 aliphatic carbocycles. The topological polar surface area (TPSA) is 49.4 Å². The molecule has 2 aromatic carbocycles. The Bertz CT molecular complexity index is 786. The normalized spacial score (nSPS) is 11.7. The van der Waals surface area contributed by atoms with E-state index in [1.807, 2.05) is 24.3 Å². The average Bonchev–Trinajstić information content (AvgIpc) is 2.66. The molecule has 0 bridgehead atoms. The number of nitrogens with one attached hydrogen (secondary N) is 1. The molecular formula is C20H22BrFN2O2S. The first-order valence-electron chi connectivity index (χ1n) is 8.48. The molecule has 4 nitrogen and oxygen atoms in total. The predicted octanol–water partition coefficient (Wildman–Crippen LogP) is 3.98. The maximum Gasteiger partial charge on any atom is 0.242 e. The van der Waals surface area contributed by atoms with E-state index in [4.69, 9.17) is 0 Å². The van der Waals surface area contributed by atoms with Gasteiger partial charge in [-0.15, -0.1) is 11.8 Å². The minimum atomic E-state index is -0.576. The largest absolute Gasteiger partial charge is 0.357 e. The average molecular weight is 453 g/mol. The standard InChI is InChI=1S/C20H22BrFN2O2S/c1-14(20(26)23-2)24(11-16-4-3-5-17(21)10-16)19(25)13-27-12-15-6-8-18(22)9-7-15/h3-10,14H,11-13H2,1-2H3,(H,23,26)/t14-/m0/s1. The van der Waals surface area contributed by atoms with Gasteiger partial charge in [0.05, 0.1) is 5.75 Å². The molecular weight excluding hydrogens is 431 g/mol. The smallest absolute Gasteiger partial charge is 0.242 e. The van der Waals surface area contributed by atoms with E-state index in [0.717, 1.165) is 15.6 Å². The van der Waals surface area contributed by atoms with E-state index in [1.54, 1.807) is 31.0 Å². The Hall–Kier alpha value is -1.86. The molecule has 2 aromatic rings. The van der Waals surface area contributed by atoms with Crippen molar-refractivity contribution in [2.24, 2.45) is 0 Å². The summed E-state index contributed by atoms with van der Waals surface area (Å²) in [5.74, 6) is 0.247. The van der Waals surface area contributed by atoms with Gasteiger partial charge < -0.3 is 10.2 Å². The molecule has 0 fully saturated rings. The van der Waals surface area contributed by atoms with Gasteiger partial charge in [0.15, 0.2) is 0 Å². The molecule has 27 heavy (non-hydrogen) atoms. The molecule has 0 unspecified atom stereocenters. The second-order valence-corrected chi connectivity index (χ2v) is 7.96. The van der Waals surface area contributed by atoms with Gasteiger partial charge in [0.25, 0.3) is 0 Å². The van der Waals surface area contributed by atoms with Gasteiger partial charge in [0.1, 0.15) is 11.9 Å². The van der Waals surface area contributed by atoms with Crippen molar-refractivity contribution in [2.75, 3.05) is 12.8 Å². The summed E-state index contributed by atoms with van der Waals surface area (Å²) in [6.45, 7) is 2.07. The molecule has 1 atom stereocenters. The van der Waals surface area contributed by atoms with Crippen LogP contribution in [0.4, 0.5) is 4.39 Å². The Morgan fingerprint density at radius 1 is 1.19 bits per heavy atom. The molecule has 0 radical (unpaired) electrons. The molecule has 2 amide bonds. The monoisotopic (exact) mass is 452 g/mol. The van der Waals surface area contributed by atoms with Gasteiger partial charge in [-0.3, -0.25) is 9.59 Å². The van der Waals surface area contributed by atoms with Crippen molar-refractivity contribution in [2.45, 2.75) is 25.3 Å². The van der Waals surface area contributed by atoms with Crippen LogP contribution in [0, 0.1) is 5.82 Å². The van der Waals surface area contributed by atoms with E-state index >= 15 is 0 Å². The number of carbonyl (C=O) groups is 2. The zero-order valence-electron chi connectivity index (χ0n) is 15.2. The molecule has 0 saturated heterocycles. The first-order valence-corrected chi connectivity index (χ1v) is 10.4. The number of benzene rings is 2. The molecule has 1 N–H and O–H groups in total. The fourth-order valence-electron chi connectivity index (χ4n) is 2.54. The second kappa shape index (κ2) is 10.5. The van der Waals surface area contributed by atoms with Crippen LogP contribution in [0.25, 0.3) is 0 Å². The molecule has 7 heteroatoms. The van der Waals surface area contributed by atoms with Crippen molar-refractivity contribution in [3.63, 3.8) is 0 Å². The first kappa shape index (κ1) is 21.4. The maximum absolute atomic E-state index is 13.0. The van der Waals surface area contributed by atoms with Crippen LogP contribution in [0.2, 0.25) is 0 Å². The zero-order valence-corrected chi connectivity index (χ0v) is 17.6. The third-order valence-electron chi connectivity index (χ3n) is 4.06. The minimum absolute atomic E-state index is 0.113. The lowest BCUT2D eigenvalue weighted by molar-refractivity contribution is -0.138. The van der Waals surface area contributed by atoms with Gasteiger partial charge in [0, 0.05) is 23.8 Å². The van der Waals surface area contributed by atoms with Crippen LogP contribution in [0.15, 0.2) is 53.0 Å². The van der Waals surface area contributed by atoms with Crippen LogP contribution in [0.1, 0.15) is 18.1 Å². The van der Waals surface area contributed by atoms with Crippen LogP contribution >= 0.6 is 27.7 Å². The Morgan fingerprint density at radius 3 is 2.52 bits per heavy atom. The van der Waals surface area contributed by atoms with Crippen molar-refractivity contribution in [3.8, 4) is 0 Å². The SMILES string of the molecule is CNC(=O)[C@H](C)N(Cc1cccc(Br)c1)C(=O)CSCc1ccc(F)cc1. The number of likely N-dealkylation sites (N-methyl/N-ethyl adjacent to an activating group) is 1. The first-order chi connectivity index (χ1) is 12.9. The van der Waals surface area contributed by atoms with Crippen LogP contribution < -0.4 is 5.32 Å². The van der Waals surface area contributed by atoms with E-state index in [9.17, 15) is 14.0 Å². The van der Waals surface area contributed by atoms with Crippen molar-refractivity contribution in [1.82, 2.24) is 10.2 Å². The third-order valence-corrected chi connectivity index (χ3v) is 5.54. The number of nitrogens with zero attached hydrogens (tertiary/aromatic N) is 1. The minimum Gasteiger partial charge on any atom is -0.357 e. The zero-order chi connectivity index (χ0) is 19.8. The molecule has 0 heterocycles. The third kappa shape index (κ3) is 6.66. The number of thioether (sulfide) groups is 1. The van der Waals surface area contributed by atoms with Crippen molar-refractivity contribution in [3.05, 3.63) is 69.9 Å². The van der Waals surface area contributed by atoms with E-state index < -0.39 is 6.04 Å². The lowest BCUT2D eigenvalue weighted by atomic mass is 10.1. The maximum atomic E-state index is 13.0. The van der Waals surface area contributed by atoms with Crippen molar-refractivity contribution in [1.29, 1.82) is 0 Å². The molecule has 0 aromatic heterocycles. The van der Waals surface area contributed by atoms with Crippen molar-refractivity contribution < 1.29 is 14.0 Å². The number of halogens is 2. The Kier molecular flexibility index (Phi) is 8.31. The number of carbonyl (C=O) groups excluding carboxylic acids is 2. The van der Waals surface area contributed by atoms with Gasteiger partial charge in [-0.05, 0) is 42.3 Å². The van der Waals surface area contributed by atoms with Gasteiger partial charge in [-0.1, -0.05) is 40.2 Å². The molecule has 0 spiro atoms.